The second-order valence-corrected chi connectivity index (χ2v) is 5.52. The first-order valence-electron chi connectivity index (χ1n) is 6.02. The van der Waals surface area contributed by atoms with Gasteiger partial charge in [0.05, 0.1) is 6.61 Å². The van der Waals surface area contributed by atoms with Gasteiger partial charge in [-0.05, 0) is 11.8 Å². The lowest BCUT2D eigenvalue weighted by Gasteiger charge is -2.29. The summed E-state index contributed by atoms with van der Waals surface area (Å²) in [5.41, 5.74) is 6.00. The van der Waals surface area contributed by atoms with E-state index in [9.17, 15) is 4.79 Å². The minimum absolute atomic E-state index is 0.0159. The number of carbonyl (C=O) groups is 1. The van der Waals surface area contributed by atoms with Gasteiger partial charge in [0.1, 0.15) is 0 Å². The highest BCUT2D eigenvalue weighted by atomic mass is 16.5. The van der Waals surface area contributed by atoms with Gasteiger partial charge in [-0.3, -0.25) is 4.79 Å². The average Bonchev–Trinajstić information content (AvgIpc) is 2.43. The van der Waals surface area contributed by atoms with Gasteiger partial charge < -0.3 is 15.4 Å². The van der Waals surface area contributed by atoms with E-state index in [0.29, 0.717) is 19.6 Å². The van der Waals surface area contributed by atoms with Gasteiger partial charge in [0.15, 0.2) is 0 Å². The highest BCUT2D eigenvalue weighted by Crippen LogP contribution is 2.20. The van der Waals surface area contributed by atoms with Crippen molar-refractivity contribution in [3.63, 3.8) is 0 Å². The summed E-state index contributed by atoms with van der Waals surface area (Å²) in [6.45, 7) is 9.11. The highest BCUT2D eigenvalue weighted by molar-refractivity contribution is 5.76. The van der Waals surface area contributed by atoms with E-state index >= 15 is 0 Å². The number of ether oxygens (including phenoxy) is 1. The van der Waals surface area contributed by atoms with Crippen molar-refractivity contribution in [1.82, 2.24) is 4.90 Å². The Kier molecular flexibility index (Phi) is 4.74. The molecule has 0 spiro atoms. The topological polar surface area (TPSA) is 55.6 Å². The van der Waals surface area contributed by atoms with Gasteiger partial charge in [0, 0.05) is 32.2 Å². The molecule has 1 heterocycles. The maximum atomic E-state index is 12.0. The standard InChI is InChI=1S/C12H24N2O2/c1-12(2,3)10(13)9-11(15)14-5-4-7-16-8-6-14/h10H,4-9,13H2,1-3H3. The quantitative estimate of drug-likeness (QED) is 0.767. The van der Waals surface area contributed by atoms with Crippen molar-refractivity contribution in [2.75, 3.05) is 26.3 Å². The van der Waals surface area contributed by atoms with Gasteiger partial charge in [-0.25, -0.2) is 0 Å². The lowest BCUT2D eigenvalue weighted by Crippen LogP contribution is -2.42. The summed E-state index contributed by atoms with van der Waals surface area (Å²) < 4.78 is 5.32. The molecular weight excluding hydrogens is 204 g/mol. The summed E-state index contributed by atoms with van der Waals surface area (Å²) in [4.78, 5) is 13.9. The van der Waals surface area contributed by atoms with E-state index in [-0.39, 0.29) is 17.4 Å². The molecule has 0 radical (unpaired) electrons. The minimum Gasteiger partial charge on any atom is -0.380 e. The van der Waals surface area contributed by atoms with Crippen molar-refractivity contribution in [2.45, 2.75) is 39.7 Å². The second kappa shape index (κ2) is 5.64. The molecule has 0 bridgehead atoms. The summed E-state index contributed by atoms with van der Waals surface area (Å²) >= 11 is 0. The molecule has 1 unspecified atom stereocenters. The maximum Gasteiger partial charge on any atom is 0.224 e. The van der Waals surface area contributed by atoms with Crippen LogP contribution in [0.3, 0.4) is 0 Å². The normalized spacial score (nSPS) is 20.4. The van der Waals surface area contributed by atoms with E-state index in [1.165, 1.54) is 0 Å². The molecule has 0 aromatic heterocycles. The van der Waals surface area contributed by atoms with E-state index in [1.807, 2.05) is 4.90 Å². The molecule has 16 heavy (non-hydrogen) atoms. The van der Waals surface area contributed by atoms with Crippen molar-refractivity contribution in [2.24, 2.45) is 11.1 Å². The van der Waals surface area contributed by atoms with Crippen LogP contribution >= 0.6 is 0 Å². The number of rotatable bonds is 2. The first-order valence-corrected chi connectivity index (χ1v) is 6.02. The lowest BCUT2D eigenvalue weighted by molar-refractivity contribution is -0.132. The number of hydrogen-bond acceptors (Lipinski definition) is 3. The third-order valence-corrected chi connectivity index (χ3v) is 3.08. The van der Waals surface area contributed by atoms with Crippen LogP contribution in [0.15, 0.2) is 0 Å². The predicted octanol–water partition coefficient (Wildman–Crippen LogP) is 0.999. The zero-order chi connectivity index (χ0) is 12.2. The number of hydrogen-bond donors (Lipinski definition) is 1. The summed E-state index contributed by atoms with van der Waals surface area (Å²) in [7, 11) is 0. The number of amides is 1. The molecule has 1 atom stereocenters. The Morgan fingerprint density at radius 1 is 1.38 bits per heavy atom. The Balaban J connectivity index is 2.44. The van der Waals surface area contributed by atoms with Crippen LogP contribution in [-0.2, 0) is 9.53 Å². The highest BCUT2D eigenvalue weighted by Gasteiger charge is 2.25. The largest absolute Gasteiger partial charge is 0.380 e. The van der Waals surface area contributed by atoms with Crippen LogP contribution < -0.4 is 5.73 Å². The third kappa shape index (κ3) is 4.10. The molecule has 1 fully saturated rings. The van der Waals surface area contributed by atoms with Gasteiger partial charge in [0.2, 0.25) is 5.91 Å². The summed E-state index contributed by atoms with van der Waals surface area (Å²) in [5.74, 6) is 0.160. The Hall–Kier alpha value is -0.610. The van der Waals surface area contributed by atoms with E-state index in [4.69, 9.17) is 10.5 Å². The molecule has 94 valence electrons. The SMILES string of the molecule is CC(C)(C)C(N)CC(=O)N1CCCOCC1. The van der Waals surface area contributed by atoms with Crippen LogP contribution in [-0.4, -0.2) is 43.2 Å². The molecule has 2 N–H and O–H groups in total. The Bertz CT molecular complexity index is 228. The molecule has 4 heteroatoms. The number of carbonyl (C=O) groups excluding carboxylic acids is 1. The van der Waals surface area contributed by atoms with Crippen molar-refractivity contribution in [3.8, 4) is 0 Å². The second-order valence-electron chi connectivity index (χ2n) is 5.52. The Labute approximate surface area is 98.1 Å². The molecule has 0 aromatic carbocycles. The van der Waals surface area contributed by atoms with Crippen LogP contribution in [0, 0.1) is 5.41 Å². The fraction of sp³-hybridized carbons (Fsp3) is 0.917. The Morgan fingerprint density at radius 3 is 2.69 bits per heavy atom. The van der Waals surface area contributed by atoms with Crippen LogP contribution in [0.2, 0.25) is 0 Å². The fourth-order valence-corrected chi connectivity index (χ4v) is 1.62. The van der Waals surface area contributed by atoms with Crippen molar-refractivity contribution in [3.05, 3.63) is 0 Å². The van der Waals surface area contributed by atoms with Crippen molar-refractivity contribution in [1.29, 1.82) is 0 Å². The molecule has 0 saturated carbocycles. The van der Waals surface area contributed by atoms with Crippen molar-refractivity contribution < 1.29 is 9.53 Å². The van der Waals surface area contributed by atoms with Crippen LogP contribution in [0.4, 0.5) is 0 Å². The molecule has 1 saturated heterocycles. The summed E-state index contributed by atoms with van der Waals surface area (Å²) in [5, 5.41) is 0. The van der Waals surface area contributed by atoms with E-state index < -0.39 is 0 Å². The van der Waals surface area contributed by atoms with E-state index in [1.54, 1.807) is 0 Å². The van der Waals surface area contributed by atoms with Gasteiger partial charge in [0.25, 0.3) is 0 Å². The van der Waals surface area contributed by atoms with E-state index in [0.717, 1.165) is 19.6 Å². The average molecular weight is 228 g/mol. The smallest absolute Gasteiger partial charge is 0.224 e. The molecule has 1 amide bonds. The molecular formula is C12H24N2O2. The molecule has 1 rings (SSSR count). The fourth-order valence-electron chi connectivity index (χ4n) is 1.62. The first-order chi connectivity index (χ1) is 7.41. The monoisotopic (exact) mass is 228 g/mol. The minimum atomic E-state index is -0.0795. The molecule has 1 aliphatic heterocycles. The van der Waals surface area contributed by atoms with Gasteiger partial charge in [-0.15, -0.1) is 0 Å². The molecule has 4 nitrogen and oxygen atoms in total. The van der Waals surface area contributed by atoms with Crippen LogP contribution in [0.1, 0.15) is 33.6 Å². The van der Waals surface area contributed by atoms with Gasteiger partial charge in [-0.2, -0.15) is 0 Å². The number of nitrogens with two attached hydrogens (primary N) is 1. The number of nitrogens with zero attached hydrogens (tertiary/aromatic N) is 1. The molecule has 1 aliphatic rings. The lowest BCUT2D eigenvalue weighted by atomic mass is 9.85. The Morgan fingerprint density at radius 2 is 2.06 bits per heavy atom. The van der Waals surface area contributed by atoms with Crippen LogP contribution in [0.5, 0.6) is 0 Å². The molecule has 0 aromatic rings. The van der Waals surface area contributed by atoms with E-state index in [2.05, 4.69) is 20.8 Å². The van der Waals surface area contributed by atoms with Gasteiger partial charge >= 0.3 is 0 Å². The summed E-state index contributed by atoms with van der Waals surface area (Å²) in [6.07, 6.45) is 1.36. The van der Waals surface area contributed by atoms with Crippen LogP contribution in [0.25, 0.3) is 0 Å². The zero-order valence-electron chi connectivity index (χ0n) is 10.7. The summed E-state index contributed by atoms with van der Waals surface area (Å²) in [6, 6.07) is -0.0795. The van der Waals surface area contributed by atoms with Gasteiger partial charge in [-0.1, -0.05) is 20.8 Å². The molecule has 0 aliphatic carbocycles. The zero-order valence-corrected chi connectivity index (χ0v) is 10.7. The maximum absolute atomic E-state index is 12.0. The predicted molar refractivity (Wildman–Crippen MR) is 64.1 cm³/mol. The first kappa shape index (κ1) is 13.5. The van der Waals surface area contributed by atoms with Crippen molar-refractivity contribution >= 4 is 5.91 Å². The third-order valence-electron chi connectivity index (χ3n) is 3.08.